The van der Waals surface area contributed by atoms with E-state index in [9.17, 15) is 29.4 Å². The molecule has 0 unspecified atom stereocenters. The van der Waals surface area contributed by atoms with Gasteiger partial charge in [-0.25, -0.2) is 14.6 Å². The Hall–Kier alpha value is -5.37. The molecule has 0 aliphatic heterocycles. The first-order chi connectivity index (χ1) is 20.5. The molecule has 4 aromatic rings. The SMILES string of the molecule is CNC(=O)COc1cc2cc(Nc3nc(N(C)C)ncc3Cl)ccc2n(CCOc2ccc(C(=O)O)c(C(=O)O)c2)c1=O. The number of nitrogens with one attached hydrogen (secondary N) is 2. The van der Waals surface area contributed by atoms with Crippen molar-refractivity contribution in [2.24, 2.45) is 0 Å². The van der Waals surface area contributed by atoms with Crippen molar-refractivity contribution in [3.8, 4) is 11.5 Å². The molecular weight excluding hydrogens is 584 g/mol. The van der Waals surface area contributed by atoms with E-state index >= 15 is 0 Å². The Morgan fingerprint density at radius 1 is 1.02 bits per heavy atom. The molecule has 14 nitrogen and oxygen atoms in total. The third kappa shape index (κ3) is 7.11. The van der Waals surface area contributed by atoms with Crippen LogP contribution in [0.3, 0.4) is 0 Å². The van der Waals surface area contributed by atoms with Gasteiger partial charge in [0.25, 0.3) is 11.5 Å². The number of nitrogens with zero attached hydrogens (tertiary/aromatic N) is 4. The van der Waals surface area contributed by atoms with Crippen LogP contribution in [0.2, 0.25) is 5.02 Å². The zero-order chi connectivity index (χ0) is 31.3. The van der Waals surface area contributed by atoms with Gasteiger partial charge < -0.3 is 39.8 Å². The molecule has 15 heteroatoms. The minimum absolute atomic E-state index is 0.00625. The van der Waals surface area contributed by atoms with Crippen LogP contribution in [-0.4, -0.2) is 77.0 Å². The van der Waals surface area contributed by atoms with E-state index in [0.29, 0.717) is 33.4 Å². The monoisotopic (exact) mass is 610 g/mol. The van der Waals surface area contributed by atoms with Crippen molar-refractivity contribution >= 4 is 57.8 Å². The lowest BCUT2D eigenvalue weighted by molar-refractivity contribution is -0.122. The minimum atomic E-state index is -1.42. The van der Waals surface area contributed by atoms with E-state index in [0.717, 1.165) is 12.1 Å². The number of carbonyl (C=O) groups excluding carboxylic acids is 1. The number of aromatic carboxylic acids is 2. The van der Waals surface area contributed by atoms with Crippen LogP contribution in [0, 0.1) is 0 Å². The number of rotatable bonds is 12. The fourth-order valence-electron chi connectivity index (χ4n) is 4.01. The highest BCUT2D eigenvalue weighted by Gasteiger charge is 2.18. The van der Waals surface area contributed by atoms with Gasteiger partial charge in [-0.15, -0.1) is 0 Å². The highest BCUT2D eigenvalue weighted by Crippen LogP contribution is 2.28. The van der Waals surface area contributed by atoms with Crippen molar-refractivity contribution in [2.75, 3.05) is 44.6 Å². The summed E-state index contributed by atoms with van der Waals surface area (Å²) in [5.74, 6) is -2.40. The first-order valence-corrected chi connectivity index (χ1v) is 13.1. The van der Waals surface area contributed by atoms with E-state index in [1.54, 1.807) is 37.2 Å². The Bertz CT molecular complexity index is 1770. The van der Waals surface area contributed by atoms with Gasteiger partial charge in [0.05, 0.1) is 29.4 Å². The van der Waals surface area contributed by atoms with Crippen molar-refractivity contribution in [3.05, 3.63) is 75.2 Å². The van der Waals surface area contributed by atoms with E-state index in [-0.39, 0.29) is 36.8 Å². The molecule has 1 amide bonds. The Morgan fingerprint density at radius 3 is 2.44 bits per heavy atom. The van der Waals surface area contributed by atoms with E-state index < -0.39 is 29.0 Å². The summed E-state index contributed by atoms with van der Waals surface area (Å²) in [5.41, 5.74) is -0.229. The number of hydrogen-bond donors (Lipinski definition) is 4. The lowest BCUT2D eigenvalue weighted by Crippen LogP contribution is -2.29. The summed E-state index contributed by atoms with van der Waals surface area (Å²) < 4.78 is 12.6. The van der Waals surface area contributed by atoms with Gasteiger partial charge in [0, 0.05) is 32.2 Å². The van der Waals surface area contributed by atoms with Crippen LogP contribution >= 0.6 is 11.6 Å². The van der Waals surface area contributed by atoms with Gasteiger partial charge in [-0.2, -0.15) is 4.98 Å². The van der Waals surface area contributed by atoms with Crippen molar-refractivity contribution in [2.45, 2.75) is 6.54 Å². The largest absolute Gasteiger partial charge is 0.492 e. The maximum Gasteiger partial charge on any atom is 0.336 e. The maximum atomic E-state index is 13.4. The molecule has 0 atom stereocenters. The Balaban J connectivity index is 1.66. The van der Waals surface area contributed by atoms with E-state index in [4.69, 9.17) is 21.1 Å². The van der Waals surface area contributed by atoms with Gasteiger partial charge in [-0.1, -0.05) is 11.6 Å². The predicted octanol–water partition coefficient (Wildman–Crippen LogP) is 2.85. The first-order valence-electron chi connectivity index (χ1n) is 12.7. The molecule has 2 aromatic carbocycles. The lowest BCUT2D eigenvalue weighted by Gasteiger charge is -2.16. The summed E-state index contributed by atoms with van der Waals surface area (Å²) in [7, 11) is 5.03. The quantitative estimate of drug-likeness (QED) is 0.184. The Kier molecular flexibility index (Phi) is 9.30. The number of likely N-dealkylation sites (N-methyl/N-ethyl adjacent to an activating group) is 1. The molecule has 0 radical (unpaired) electrons. The summed E-state index contributed by atoms with van der Waals surface area (Å²) in [4.78, 5) is 58.3. The van der Waals surface area contributed by atoms with Crippen LogP contribution in [-0.2, 0) is 11.3 Å². The van der Waals surface area contributed by atoms with Crippen LogP contribution in [0.15, 0.2) is 53.5 Å². The zero-order valence-corrected chi connectivity index (χ0v) is 24.0. The molecule has 0 fully saturated rings. The van der Waals surface area contributed by atoms with Crippen molar-refractivity contribution in [1.29, 1.82) is 0 Å². The van der Waals surface area contributed by atoms with Crippen LogP contribution in [0.5, 0.6) is 11.5 Å². The molecule has 0 saturated heterocycles. The number of carboxylic acid groups (broad SMARTS) is 2. The number of fused-ring (bicyclic) bond motifs is 1. The van der Waals surface area contributed by atoms with E-state index in [1.807, 2.05) is 0 Å². The molecule has 0 aliphatic carbocycles. The van der Waals surface area contributed by atoms with E-state index in [1.165, 1.54) is 29.9 Å². The Labute approximate surface area is 249 Å². The maximum absolute atomic E-state index is 13.4. The molecule has 0 bridgehead atoms. The molecule has 0 saturated carbocycles. The van der Waals surface area contributed by atoms with Crippen molar-refractivity contribution < 1.29 is 34.1 Å². The average molecular weight is 611 g/mol. The fourth-order valence-corrected chi connectivity index (χ4v) is 4.15. The summed E-state index contributed by atoms with van der Waals surface area (Å²) in [5, 5.41) is 25.1. The number of amides is 1. The number of pyridine rings is 1. The summed E-state index contributed by atoms with van der Waals surface area (Å²) in [6, 6.07) is 10.3. The minimum Gasteiger partial charge on any atom is -0.492 e. The smallest absolute Gasteiger partial charge is 0.336 e. The third-order valence-electron chi connectivity index (χ3n) is 6.13. The number of anilines is 3. The second-order valence-corrected chi connectivity index (χ2v) is 9.66. The molecule has 224 valence electrons. The van der Waals surface area contributed by atoms with Crippen LogP contribution in [0.4, 0.5) is 17.5 Å². The molecule has 0 aliphatic rings. The molecular formula is C28H27ClN6O8. The average Bonchev–Trinajstić information content (AvgIpc) is 2.97. The summed E-state index contributed by atoms with van der Waals surface area (Å²) >= 11 is 6.30. The van der Waals surface area contributed by atoms with Gasteiger partial charge in [-0.05, 0) is 42.5 Å². The molecule has 4 N–H and O–H groups in total. The standard InChI is InChI=1S/C28H27ClN6O8/c1-30-23(36)14-43-22-11-15-10-16(32-24-20(29)13-31-28(33-24)34(2)3)4-7-21(15)35(25(22)37)8-9-42-17-5-6-18(26(38)39)19(12-17)27(40)41/h4-7,10-13H,8-9,14H2,1-3H3,(H,30,36)(H,38,39)(H,40,41)(H,31,32,33). The number of carboxylic acids is 2. The number of carbonyl (C=O) groups is 3. The molecule has 2 heterocycles. The first kappa shape index (κ1) is 30.6. The molecule has 0 spiro atoms. The van der Waals surface area contributed by atoms with Gasteiger partial charge in [0.2, 0.25) is 5.95 Å². The second-order valence-electron chi connectivity index (χ2n) is 9.25. The number of aromatic nitrogens is 3. The van der Waals surface area contributed by atoms with Gasteiger partial charge in [0.1, 0.15) is 17.4 Å². The Morgan fingerprint density at radius 2 is 1.77 bits per heavy atom. The van der Waals surface area contributed by atoms with Gasteiger partial charge >= 0.3 is 11.9 Å². The normalized spacial score (nSPS) is 10.7. The summed E-state index contributed by atoms with van der Waals surface area (Å²) in [6.07, 6.45) is 1.48. The molecule has 2 aromatic heterocycles. The van der Waals surface area contributed by atoms with E-state index in [2.05, 4.69) is 20.6 Å². The van der Waals surface area contributed by atoms with Gasteiger partial charge in [-0.3, -0.25) is 9.59 Å². The molecule has 4 rings (SSSR count). The topological polar surface area (TPSA) is 185 Å². The van der Waals surface area contributed by atoms with Gasteiger partial charge in [0.15, 0.2) is 18.2 Å². The number of halogens is 1. The third-order valence-corrected chi connectivity index (χ3v) is 6.40. The highest BCUT2D eigenvalue weighted by molar-refractivity contribution is 6.32. The van der Waals surface area contributed by atoms with Crippen molar-refractivity contribution in [3.63, 3.8) is 0 Å². The zero-order valence-electron chi connectivity index (χ0n) is 23.3. The van der Waals surface area contributed by atoms with Crippen LogP contribution in [0.1, 0.15) is 20.7 Å². The number of hydrogen-bond acceptors (Lipinski definition) is 10. The number of ether oxygens (including phenoxy) is 2. The van der Waals surface area contributed by atoms with Crippen molar-refractivity contribution in [1.82, 2.24) is 19.9 Å². The number of benzene rings is 2. The van der Waals surface area contributed by atoms with Crippen LogP contribution < -0.4 is 30.6 Å². The summed E-state index contributed by atoms with van der Waals surface area (Å²) in [6.45, 7) is -0.459. The van der Waals surface area contributed by atoms with Crippen LogP contribution in [0.25, 0.3) is 10.9 Å². The highest BCUT2D eigenvalue weighted by atomic mass is 35.5. The molecule has 43 heavy (non-hydrogen) atoms. The lowest BCUT2D eigenvalue weighted by atomic mass is 10.1. The fraction of sp³-hybridized carbons (Fsp3) is 0.214. The second kappa shape index (κ2) is 13.1. The predicted molar refractivity (Wildman–Crippen MR) is 158 cm³/mol.